The standard InChI is InChI=1S/C18H18O4/c1-11-7-8-14(13(3)9-11)16(19)10-22-18(21)15-6-4-5-12(2)17(15)20/h4-9,20H,10H2,1-3H3. The normalized spacial score (nSPS) is 10.3. The lowest BCUT2D eigenvalue weighted by Crippen LogP contribution is -2.15. The van der Waals surface area contributed by atoms with Gasteiger partial charge in [-0.3, -0.25) is 4.79 Å². The number of benzene rings is 2. The number of ketones is 1. The Labute approximate surface area is 129 Å². The molecule has 0 saturated carbocycles. The molecule has 0 aliphatic rings. The second-order valence-electron chi connectivity index (χ2n) is 5.29. The Hall–Kier alpha value is -2.62. The van der Waals surface area contributed by atoms with E-state index in [0.717, 1.165) is 11.1 Å². The summed E-state index contributed by atoms with van der Waals surface area (Å²) in [6, 6.07) is 10.3. The summed E-state index contributed by atoms with van der Waals surface area (Å²) in [4.78, 5) is 24.1. The maximum absolute atomic E-state index is 12.1. The van der Waals surface area contributed by atoms with Crippen molar-refractivity contribution in [3.63, 3.8) is 0 Å². The van der Waals surface area contributed by atoms with Gasteiger partial charge in [0.2, 0.25) is 5.78 Å². The molecule has 0 aromatic heterocycles. The van der Waals surface area contributed by atoms with Crippen LogP contribution in [0.15, 0.2) is 36.4 Å². The van der Waals surface area contributed by atoms with Gasteiger partial charge in [0, 0.05) is 5.56 Å². The predicted octanol–water partition coefficient (Wildman–Crippen LogP) is 3.36. The smallest absolute Gasteiger partial charge is 0.342 e. The zero-order valence-electron chi connectivity index (χ0n) is 12.8. The van der Waals surface area contributed by atoms with Crippen molar-refractivity contribution in [2.45, 2.75) is 20.8 Å². The van der Waals surface area contributed by atoms with Crippen molar-refractivity contribution in [2.24, 2.45) is 0 Å². The Balaban J connectivity index is 2.07. The predicted molar refractivity (Wildman–Crippen MR) is 83.4 cm³/mol. The molecule has 2 rings (SSSR count). The van der Waals surface area contributed by atoms with Gasteiger partial charge in [0.05, 0.1) is 0 Å². The van der Waals surface area contributed by atoms with Gasteiger partial charge in [0.25, 0.3) is 0 Å². The Morgan fingerprint density at radius 2 is 1.73 bits per heavy atom. The number of phenols is 1. The van der Waals surface area contributed by atoms with E-state index in [4.69, 9.17) is 4.74 Å². The third-order valence-corrected chi connectivity index (χ3v) is 3.47. The molecule has 0 aliphatic heterocycles. The van der Waals surface area contributed by atoms with Gasteiger partial charge < -0.3 is 9.84 Å². The molecule has 0 radical (unpaired) electrons. The summed E-state index contributed by atoms with van der Waals surface area (Å²) in [5, 5.41) is 9.84. The van der Waals surface area contributed by atoms with Crippen LogP contribution < -0.4 is 0 Å². The summed E-state index contributed by atoms with van der Waals surface area (Å²) < 4.78 is 5.02. The topological polar surface area (TPSA) is 63.6 Å². The third kappa shape index (κ3) is 3.34. The maximum atomic E-state index is 12.1. The van der Waals surface area contributed by atoms with Gasteiger partial charge in [-0.05, 0) is 38.0 Å². The largest absolute Gasteiger partial charge is 0.507 e. The van der Waals surface area contributed by atoms with Crippen molar-refractivity contribution in [1.29, 1.82) is 0 Å². The zero-order valence-corrected chi connectivity index (χ0v) is 12.8. The molecule has 0 aliphatic carbocycles. The zero-order chi connectivity index (χ0) is 16.3. The molecule has 2 aromatic carbocycles. The van der Waals surface area contributed by atoms with Gasteiger partial charge >= 0.3 is 5.97 Å². The van der Waals surface area contributed by atoms with E-state index in [2.05, 4.69) is 0 Å². The fraction of sp³-hybridized carbons (Fsp3) is 0.222. The number of rotatable bonds is 4. The number of esters is 1. The van der Waals surface area contributed by atoms with Crippen LogP contribution in [0.5, 0.6) is 5.75 Å². The highest BCUT2D eigenvalue weighted by Gasteiger charge is 2.17. The Morgan fingerprint density at radius 1 is 1.00 bits per heavy atom. The molecule has 0 fully saturated rings. The lowest BCUT2D eigenvalue weighted by atomic mass is 10.0. The van der Waals surface area contributed by atoms with E-state index >= 15 is 0 Å². The molecular formula is C18H18O4. The second-order valence-corrected chi connectivity index (χ2v) is 5.29. The Kier molecular flexibility index (Phi) is 4.61. The van der Waals surface area contributed by atoms with Crippen LogP contribution in [0.1, 0.15) is 37.4 Å². The van der Waals surface area contributed by atoms with Crippen LogP contribution in [0.2, 0.25) is 0 Å². The van der Waals surface area contributed by atoms with Gasteiger partial charge in [0.1, 0.15) is 11.3 Å². The lowest BCUT2D eigenvalue weighted by Gasteiger charge is -2.09. The van der Waals surface area contributed by atoms with E-state index < -0.39 is 5.97 Å². The number of Topliss-reactive ketones (excluding diaryl/α,β-unsaturated/α-hetero) is 1. The molecule has 0 unspecified atom stereocenters. The second kappa shape index (κ2) is 6.43. The van der Waals surface area contributed by atoms with Crippen molar-refractivity contribution in [3.05, 3.63) is 64.2 Å². The summed E-state index contributed by atoms with van der Waals surface area (Å²) in [5.41, 5.74) is 3.09. The summed E-state index contributed by atoms with van der Waals surface area (Å²) in [6.07, 6.45) is 0. The first-order valence-corrected chi connectivity index (χ1v) is 6.96. The number of para-hydroxylation sites is 1. The van der Waals surface area contributed by atoms with Gasteiger partial charge in [0.15, 0.2) is 6.61 Å². The van der Waals surface area contributed by atoms with E-state index in [-0.39, 0.29) is 23.7 Å². The highest BCUT2D eigenvalue weighted by atomic mass is 16.5. The highest BCUT2D eigenvalue weighted by Crippen LogP contribution is 2.22. The van der Waals surface area contributed by atoms with Crippen molar-refractivity contribution < 1.29 is 19.4 Å². The van der Waals surface area contributed by atoms with Crippen molar-refractivity contribution in [1.82, 2.24) is 0 Å². The van der Waals surface area contributed by atoms with Crippen LogP contribution in [0.4, 0.5) is 0 Å². The van der Waals surface area contributed by atoms with E-state index in [1.807, 2.05) is 26.0 Å². The van der Waals surface area contributed by atoms with Crippen LogP contribution in [0.25, 0.3) is 0 Å². The molecule has 22 heavy (non-hydrogen) atoms. The van der Waals surface area contributed by atoms with E-state index in [1.165, 1.54) is 6.07 Å². The molecule has 0 atom stereocenters. The SMILES string of the molecule is Cc1ccc(C(=O)COC(=O)c2cccc(C)c2O)c(C)c1. The summed E-state index contributed by atoms with van der Waals surface area (Å²) >= 11 is 0. The maximum Gasteiger partial charge on any atom is 0.342 e. The number of carbonyl (C=O) groups is 2. The van der Waals surface area contributed by atoms with E-state index in [9.17, 15) is 14.7 Å². The first-order chi connectivity index (χ1) is 10.4. The quantitative estimate of drug-likeness (QED) is 0.694. The van der Waals surface area contributed by atoms with Crippen LogP contribution in [-0.4, -0.2) is 23.5 Å². The third-order valence-electron chi connectivity index (χ3n) is 3.47. The summed E-state index contributed by atoms with van der Waals surface area (Å²) in [7, 11) is 0. The number of carbonyl (C=O) groups excluding carboxylic acids is 2. The molecule has 0 amide bonds. The lowest BCUT2D eigenvalue weighted by molar-refractivity contribution is 0.0471. The van der Waals surface area contributed by atoms with Crippen LogP contribution in [0, 0.1) is 20.8 Å². The molecule has 0 bridgehead atoms. The van der Waals surface area contributed by atoms with Crippen LogP contribution in [-0.2, 0) is 4.74 Å². The molecule has 4 nitrogen and oxygen atoms in total. The fourth-order valence-corrected chi connectivity index (χ4v) is 2.24. The van der Waals surface area contributed by atoms with Gasteiger partial charge in [-0.2, -0.15) is 0 Å². The summed E-state index contributed by atoms with van der Waals surface area (Å²) in [6.45, 7) is 5.12. The molecule has 2 aromatic rings. The molecule has 4 heteroatoms. The Bertz CT molecular complexity index is 732. The number of hydrogen-bond donors (Lipinski definition) is 1. The monoisotopic (exact) mass is 298 g/mol. The molecule has 1 N–H and O–H groups in total. The molecule has 0 spiro atoms. The van der Waals surface area contributed by atoms with Crippen LogP contribution >= 0.6 is 0 Å². The molecule has 114 valence electrons. The first kappa shape index (κ1) is 15.8. The molecule has 0 saturated heterocycles. The fourth-order valence-electron chi connectivity index (χ4n) is 2.24. The van der Waals surface area contributed by atoms with E-state index in [1.54, 1.807) is 25.1 Å². The molecular weight excluding hydrogens is 280 g/mol. The van der Waals surface area contributed by atoms with Crippen LogP contribution in [0.3, 0.4) is 0 Å². The minimum Gasteiger partial charge on any atom is -0.507 e. The first-order valence-electron chi connectivity index (χ1n) is 6.96. The number of aryl methyl sites for hydroxylation is 3. The number of ether oxygens (including phenoxy) is 1. The van der Waals surface area contributed by atoms with Gasteiger partial charge in [-0.1, -0.05) is 35.9 Å². The number of hydrogen-bond acceptors (Lipinski definition) is 4. The Morgan fingerprint density at radius 3 is 2.41 bits per heavy atom. The average Bonchev–Trinajstić information content (AvgIpc) is 2.47. The van der Waals surface area contributed by atoms with Gasteiger partial charge in [-0.25, -0.2) is 4.79 Å². The van der Waals surface area contributed by atoms with Crippen molar-refractivity contribution in [3.8, 4) is 5.75 Å². The van der Waals surface area contributed by atoms with Gasteiger partial charge in [-0.15, -0.1) is 0 Å². The average molecular weight is 298 g/mol. The van der Waals surface area contributed by atoms with Crippen molar-refractivity contribution >= 4 is 11.8 Å². The summed E-state index contributed by atoms with van der Waals surface area (Å²) in [5.74, 6) is -1.09. The number of aromatic hydroxyl groups is 1. The minimum atomic E-state index is -0.709. The minimum absolute atomic E-state index is 0.0634. The molecule has 0 heterocycles. The highest BCUT2D eigenvalue weighted by molar-refractivity contribution is 6.01. The number of phenolic OH excluding ortho intramolecular Hbond substituents is 1. The van der Waals surface area contributed by atoms with E-state index in [0.29, 0.717) is 11.1 Å². The van der Waals surface area contributed by atoms with Crippen molar-refractivity contribution in [2.75, 3.05) is 6.61 Å².